The Kier molecular flexibility index (Phi) is 9.37. The zero-order valence-electron chi connectivity index (χ0n) is 17.1. The van der Waals surface area contributed by atoms with E-state index < -0.39 is 0 Å². The van der Waals surface area contributed by atoms with Crippen molar-refractivity contribution in [3.05, 3.63) is 56.5 Å². The van der Waals surface area contributed by atoms with Gasteiger partial charge < -0.3 is 19.5 Å². The molecule has 0 saturated carbocycles. The molecule has 164 valence electrons. The van der Waals surface area contributed by atoms with Crippen LogP contribution in [0.5, 0.6) is 11.5 Å². The van der Waals surface area contributed by atoms with Crippen LogP contribution in [0.2, 0.25) is 15.1 Å². The second-order valence-electron chi connectivity index (χ2n) is 7.12. The Morgan fingerprint density at radius 2 is 1.80 bits per heavy atom. The predicted molar refractivity (Wildman–Crippen MR) is 122 cm³/mol. The number of benzene rings is 2. The highest BCUT2D eigenvalue weighted by Crippen LogP contribution is 2.34. The number of morpholine rings is 1. The van der Waals surface area contributed by atoms with Gasteiger partial charge in [-0.2, -0.15) is 0 Å². The van der Waals surface area contributed by atoms with E-state index >= 15 is 0 Å². The zero-order chi connectivity index (χ0) is 21.3. The summed E-state index contributed by atoms with van der Waals surface area (Å²) in [6.45, 7) is 6.72. The molecule has 1 aliphatic rings. The minimum atomic E-state index is 0.336. The summed E-state index contributed by atoms with van der Waals surface area (Å²) in [5, 5.41) is 5.11. The van der Waals surface area contributed by atoms with E-state index in [1.165, 1.54) is 0 Å². The van der Waals surface area contributed by atoms with E-state index in [9.17, 15) is 0 Å². The molecule has 30 heavy (non-hydrogen) atoms. The van der Waals surface area contributed by atoms with Crippen LogP contribution < -0.4 is 14.8 Å². The highest BCUT2D eigenvalue weighted by Gasteiger charge is 2.12. The summed E-state index contributed by atoms with van der Waals surface area (Å²) >= 11 is 18.5. The van der Waals surface area contributed by atoms with Crippen LogP contribution in [-0.4, -0.2) is 51.4 Å². The number of nitrogens with zero attached hydrogens (tertiary/aromatic N) is 1. The Morgan fingerprint density at radius 3 is 2.53 bits per heavy atom. The van der Waals surface area contributed by atoms with Crippen LogP contribution in [0.15, 0.2) is 30.3 Å². The maximum absolute atomic E-state index is 6.48. The van der Waals surface area contributed by atoms with Gasteiger partial charge in [-0.3, -0.25) is 4.90 Å². The van der Waals surface area contributed by atoms with Crippen molar-refractivity contribution in [2.45, 2.75) is 19.6 Å². The second-order valence-corrected chi connectivity index (χ2v) is 8.34. The number of nitrogens with one attached hydrogen (secondary N) is 1. The van der Waals surface area contributed by atoms with Gasteiger partial charge in [0.1, 0.15) is 6.61 Å². The van der Waals surface area contributed by atoms with Gasteiger partial charge in [-0.05, 0) is 48.8 Å². The SMILES string of the molecule is COc1cc(CNCCCN2CCOCC2)c(Cl)cc1OCc1ccc(Cl)c(Cl)c1. The lowest BCUT2D eigenvalue weighted by Gasteiger charge is -2.26. The van der Waals surface area contributed by atoms with Gasteiger partial charge in [-0.1, -0.05) is 40.9 Å². The molecule has 1 saturated heterocycles. The molecule has 0 aliphatic carbocycles. The van der Waals surface area contributed by atoms with Crippen molar-refractivity contribution in [1.29, 1.82) is 0 Å². The Labute approximate surface area is 193 Å². The van der Waals surface area contributed by atoms with E-state index in [-0.39, 0.29) is 0 Å². The van der Waals surface area contributed by atoms with Gasteiger partial charge in [0.05, 0.1) is 30.4 Å². The first-order valence-electron chi connectivity index (χ1n) is 10.0. The van der Waals surface area contributed by atoms with Gasteiger partial charge in [-0.15, -0.1) is 0 Å². The number of rotatable bonds is 10. The summed E-state index contributed by atoms with van der Waals surface area (Å²) in [5.74, 6) is 1.23. The molecule has 3 rings (SSSR count). The summed E-state index contributed by atoms with van der Waals surface area (Å²) in [6, 6.07) is 9.12. The van der Waals surface area contributed by atoms with Crippen molar-refractivity contribution in [1.82, 2.24) is 10.2 Å². The van der Waals surface area contributed by atoms with Crippen LogP contribution in [0.1, 0.15) is 17.5 Å². The van der Waals surface area contributed by atoms with Gasteiger partial charge >= 0.3 is 0 Å². The third kappa shape index (κ3) is 6.91. The third-order valence-electron chi connectivity index (χ3n) is 4.96. The molecule has 1 N–H and O–H groups in total. The summed E-state index contributed by atoms with van der Waals surface area (Å²) in [7, 11) is 1.62. The standard InChI is InChI=1S/C22H27Cl3N2O3/c1-28-21-12-17(14-26-5-2-6-27-7-9-29-10-8-27)19(24)13-22(21)30-15-16-3-4-18(23)20(25)11-16/h3-4,11-13,26H,2,5-10,14-15H2,1H3. The third-order valence-corrected chi connectivity index (χ3v) is 6.05. The van der Waals surface area contributed by atoms with E-state index in [1.54, 1.807) is 25.3 Å². The van der Waals surface area contributed by atoms with E-state index in [0.29, 0.717) is 39.7 Å². The molecule has 1 aliphatic heterocycles. The van der Waals surface area contributed by atoms with Crippen LogP contribution in [0.4, 0.5) is 0 Å². The Morgan fingerprint density at radius 1 is 1.00 bits per heavy atom. The largest absolute Gasteiger partial charge is 0.493 e. The highest BCUT2D eigenvalue weighted by molar-refractivity contribution is 6.42. The number of hydrogen-bond donors (Lipinski definition) is 1. The first-order valence-corrected chi connectivity index (χ1v) is 11.1. The van der Waals surface area contributed by atoms with Crippen molar-refractivity contribution in [2.75, 3.05) is 46.5 Å². The molecule has 2 aromatic carbocycles. The molecule has 0 spiro atoms. The van der Waals surface area contributed by atoms with Crippen molar-refractivity contribution < 1.29 is 14.2 Å². The van der Waals surface area contributed by atoms with Crippen LogP contribution in [0.3, 0.4) is 0 Å². The molecule has 1 fully saturated rings. The average Bonchev–Trinajstić information content (AvgIpc) is 2.76. The van der Waals surface area contributed by atoms with E-state index in [2.05, 4.69) is 10.2 Å². The average molecular weight is 474 g/mol. The quantitative estimate of drug-likeness (QED) is 0.489. The summed E-state index contributed by atoms with van der Waals surface area (Å²) in [5.41, 5.74) is 1.88. The molecule has 8 heteroatoms. The Hall–Kier alpha value is -1.21. The molecule has 0 bridgehead atoms. The van der Waals surface area contributed by atoms with Crippen molar-refractivity contribution in [3.8, 4) is 11.5 Å². The molecule has 0 unspecified atom stereocenters. The molecule has 0 amide bonds. The fourth-order valence-electron chi connectivity index (χ4n) is 3.25. The molecule has 0 aromatic heterocycles. The maximum Gasteiger partial charge on any atom is 0.163 e. The lowest BCUT2D eigenvalue weighted by Crippen LogP contribution is -2.37. The topological polar surface area (TPSA) is 43.0 Å². The lowest BCUT2D eigenvalue weighted by molar-refractivity contribution is 0.0374. The van der Waals surface area contributed by atoms with E-state index in [0.717, 1.165) is 56.9 Å². The van der Waals surface area contributed by atoms with Crippen molar-refractivity contribution in [3.63, 3.8) is 0 Å². The molecule has 0 atom stereocenters. The lowest BCUT2D eigenvalue weighted by atomic mass is 10.2. The van der Waals surface area contributed by atoms with Crippen LogP contribution in [-0.2, 0) is 17.9 Å². The highest BCUT2D eigenvalue weighted by atomic mass is 35.5. The van der Waals surface area contributed by atoms with Crippen LogP contribution >= 0.6 is 34.8 Å². The Balaban J connectivity index is 1.50. The second kappa shape index (κ2) is 12.0. The van der Waals surface area contributed by atoms with Gasteiger partial charge in [0.25, 0.3) is 0 Å². The number of methoxy groups -OCH3 is 1. The fourth-order valence-corrected chi connectivity index (χ4v) is 3.79. The number of halogens is 3. The van der Waals surface area contributed by atoms with Crippen molar-refractivity contribution in [2.24, 2.45) is 0 Å². The van der Waals surface area contributed by atoms with Crippen LogP contribution in [0, 0.1) is 0 Å². The normalized spacial score (nSPS) is 14.7. The zero-order valence-corrected chi connectivity index (χ0v) is 19.3. The van der Waals surface area contributed by atoms with E-state index in [4.69, 9.17) is 49.0 Å². The van der Waals surface area contributed by atoms with Gasteiger partial charge in [0.2, 0.25) is 0 Å². The summed E-state index contributed by atoms with van der Waals surface area (Å²) in [4.78, 5) is 2.43. The van der Waals surface area contributed by atoms with Crippen molar-refractivity contribution >= 4 is 34.8 Å². The van der Waals surface area contributed by atoms with Crippen LogP contribution in [0.25, 0.3) is 0 Å². The summed E-state index contributed by atoms with van der Waals surface area (Å²) in [6.07, 6.45) is 1.08. The number of hydrogen-bond acceptors (Lipinski definition) is 5. The fraction of sp³-hybridized carbons (Fsp3) is 0.455. The predicted octanol–water partition coefficient (Wildman–Crippen LogP) is 5.05. The minimum Gasteiger partial charge on any atom is -0.493 e. The molecule has 5 nitrogen and oxygen atoms in total. The molecular formula is C22H27Cl3N2O3. The van der Waals surface area contributed by atoms with Gasteiger partial charge in [0, 0.05) is 30.7 Å². The maximum atomic E-state index is 6.48. The minimum absolute atomic E-state index is 0.336. The van der Waals surface area contributed by atoms with Gasteiger partial charge in [-0.25, -0.2) is 0 Å². The molecule has 1 heterocycles. The van der Waals surface area contributed by atoms with E-state index in [1.807, 2.05) is 12.1 Å². The first-order chi connectivity index (χ1) is 14.6. The van der Waals surface area contributed by atoms with Gasteiger partial charge in [0.15, 0.2) is 11.5 Å². The Bertz CT molecular complexity index is 830. The monoisotopic (exact) mass is 472 g/mol. The number of ether oxygens (including phenoxy) is 3. The molecular weight excluding hydrogens is 447 g/mol. The smallest absolute Gasteiger partial charge is 0.163 e. The summed E-state index contributed by atoms with van der Waals surface area (Å²) < 4.78 is 16.8. The molecule has 0 radical (unpaired) electrons. The molecule has 2 aromatic rings. The first kappa shape index (κ1) is 23.5.